The van der Waals surface area contributed by atoms with Crippen LogP contribution in [0.4, 0.5) is 0 Å². The Labute approximate surface area is 172 Å². The van der Waals surface area contributed by atoms with Crippen LogP contribution >= 0.6 is 27.5 Å². The predicted molar refractivity (Wildman–Crippen MR) is 110 cm³/mol. The van der Waals surface area contributed by atoms with Crippen molar-refractivity contribution in [3.8, 4) is 0 Å². The number of carbonyl (C=O) groups excluding carboxylic acids is 1. The first kappa shape index (κ1) is 16.9. The second kappa shape index (κ2) is 4.92. The van der Waals surface area contributed by atoms with Gasteiger partial charge in [0.15, 0.2) is 0 Å². The summed E-state index contributed by atoms with van der Waals surface area (Å²) in [7, 11) is 0. The third-order valence-electron chi connectivity index (χ3n) is 8.05. The van der Waals surface area contributed by atoms with Gasteiger partial charge >= 0.3 is 0 Å². The maximum atomic E-state index is 13.1. The van der Waals surface area contributed by atoms with Gasteiger partial charge in [0.05, 0.1) is 10.6 Å². The van der Waals surface area contributed by atoms with E-state index in [2.05, 4.69) is 51.0 Å². The zero-order valence-corrected chi connectivity index (χ0v) is 17.9. The molecule has 5 heterocycles. The molecule has 3 atom stereocenters. The first-order chi connectivity index (χ1) is 12.8. The predicted octanol–water partition coefficient (Wildman–Crippen LogP) is 4.14. The smallest absolute Gasteiger partial charge is 0.241 e. The quantitative estimate of drug-likeness (QED) is 0.636. The lowest BCUT2D eigenvalue weighted by molar-refractivity contribution is -0.160. The number of aromatic amines is 1. The third kappa shape index (κ3) is 1.87. The molecule has 5 aliphatic rings. The number of aromatic nitrogens is 1. The number of nitrogens with zero attached hydrogens (tertiary/aromatic N) is 1. The van der Waals surface area contributed by atoms with E-state index in [1.54, 1.807) is 0 Å². The van der Waals surface area contributed by atoms with Crippen LogP contribution in [0.3, 0.4) is 0 Å². The zero-order valence-electron chi connectivity index (χ0n) is 15.6. The van der Waals surface area contributed by atoms with E-state index in [4.69, 9.17) is 11.6 Å². The fourth-order valence-electron chi connectivity index (χ4n) is 6.84. The van der Waals surface area contributed by atoms with Crippen LogP contribution < -0.4 is 5.32 Å². The Morgan fingerprint density at radius 1 is 1.33 bits per heavy atom. The van der Waals surface area contributed by atoms with E-state index in [0.29, 0.717) is 5.92 Å². The minimum absolute atomic E-state index is 0.0268. The van der Waals surface area contributed by atoms with Gasteiger partial charge < -0.3 is 10.3 Å². The summed E-state index contributed by atoms with van der Waals surface area (Å²) in [6.45, 7) is 6.75. The summed E-state index contributed by atoms with van der Waals surface area (Å²) in [6, 6.07) is 4.15. The Kier molecular flexibility index (Phi) is 3.08. The van der Waals surface area contributed by atoms with Crippen molar-refractivity contribution < 1.29 is 4.79 Å². The maximum absolute atomic E-state index is 13.1. The van der Waals surface area contributed by atoms with E-state index in [-0.39, 0.29) is 22.4 Å². The molecule has 4 saturated heterocycles. The molecule has 0 unspecified atom stereocenters. The maximum Gasteiger partial charge on any atom is 0.241 e. The van der Waals surface area contributed by atoms with Gasteiger partial charge in [0.25, 0.3) is 0 Å². The number of carbonyl (C=O) groups is 1. The third-order valence-corrected chi connectivity index (χ3v) is 9.24. The van der Waals surface area contributed by atoms with Crippen LogP contribution in [0.2, 0.25) is 5.02 Å². The van der Waals surface area contributed by atoms with Crippen molar-refractivity contribution >= 4 is 44.3 Å². The number of halogens is 2. The Morgan fingerprint density at radius 3 is 2.96 bits per heavy atom. The molecule has 1 aromatic heterocycles. The lowest BCUT2D eigenvalue weighted by Gasteiger charge is -2.65. The molecule has 1 amide bonds. The standard InChI is InChI=1S/C21H23BrClN3O/c1-19(2)16-9-21-4-3-5-26(21)10-20(16,25-18(21)27)8-12-11-6-13(22)14(23)7-15(11)24-17(12)19/h6-7,16,24H,3-5,8-10H2,1-2H3,(H,25,27)/t16-,20+,21-/m0/s1. The van der Waals surface area contributed by atoms with Crippen molar-refractivity contribution in [2.75, 3.05) is 13.1 Å². The topological polar surface area (TPSA) is 48.1 Å². The molecular weight excluding hydrogens is 426 g/mol. The fourth-order valence-corrected chi connectivity index (χ4v) is 7.34. The molecule has 6 heteroatoms. The molecule has 2 aromatic rings. The molecule has 4 aliphatic heterocycles. The van der Waals surface area contributed by atoms with Crippen molar-refractivity contribution in [2.24, 2.45) is 5.92 Å². The highest BCUT2D eigenvalue weighted by Gasteiger charge is 2.68. The molecule has 27 heavy (non-hydrogen) atoms. The minimum Gasteiger partial charge on any atom is -0.358 e. The zero-order chi connectivity index (χ0) is 18.8. The van der Waals surface area contributed by atoms with E-state index in [1.165, 1.54) is 16.6 Å². The Morgan fingerprint density at radius 2 is 2.15 bits per heavy atom. The fraction of sp³-hybridized carbons (Fsp3) is 0.571. The van der Waals surface area contributed by atoms with E-state index in [9.17, 15) is 4.79 Å². The number of piperidine rings is 2. The highest BCUT2D eigenvalue weighted by atomic mass is 79.9. The Hall–Kier alpha value is -1.04. The SMILES string of the molecule is CC1(C)c2[nH]c3cc(Cl)c(Br)cc3c2C[C@@]23CN4CCC[C@]4(C[C@@H]12)C(=O)N3. The minimum atomic E-state index is -0.264. The van der Waals surface area contributed by atoms with Crippen molar-refractivity contribution in [3.63, 3.8) is 0 Å². The number of fused-ring (bicyclic) bond motifs is 4. The number of hydrogen-bond donors (Lipinski definition) is 2. The molecule has 2 N–H and O–H groups in total. The van der Waals surface area contributed by atoms with Gasteiger partial charge in [0, 0.05) is 33.0 Å². The average Bonchev–Trinajstić information content (AvgIpc) is 3.17. The van der Waals surface area contributed by atoms with Crippen molar-refractivity contribution in [2.45, 2.75) is 56.0 Å². The lowest BCUT2D eigenvalue weighted by Crippen LogP contribution is -2.82. The van der Waals surface area contributed by atoms with Crippen LogP contribution in [0.25, 0.3) is 10.9 Å². The molecular formula is C21H23BrClN3O. The van der Waals surface area contributed by atoms with Crippen molar-refractivity contribution in [3.05, 3.63) is 32.9 Å². The molecule has 0 radical (unpaired) electrons. The van der Waals surface area contributed by atoms with Crippen LogP contribution in [-0.4, -0.2) is 40.0 Å². The summed E-state index contributed by atoms with van der Waals surface area (Å²) >= 11 is 9.94. The second-order valence-corrected chi connectivity index (χ2v) is 10.9. The summed E-state index contributed by atoms with van der Waals surface area (Å²) in [5.74, 6) is 0.711. The van der Waals surface area contributed by atoms with Crippen LogP contribution in [-0.2, 0) is 16.6 Å². The van der Waals surface area contributed by atoms with Crippen LogP contribution in [0.15, 0.2) is 16.6 Å². The summed E-state index contributed by atoms with van der Waals surface area (Å²) < 4.78 is 0.922. The highest BCUT2D eigenvalue weighted by Crippen LogP contribution is 2.58. The highest BCUT2D eigenvalue weighted by molar-refractivity contribution is 9.10. The van der Waals surface area contributed by atoms with E-state index in [0.717, 1.165) is 53.8 Å². The molecule has 1 aromatic carbocycles. The van der Waals surface area contributed by atoms with Crippen molar-refractivity contribution in [1.82, 2.24) is 15.2 Å². The van der Waals surface area contributed by atoms with Gasteiger partial charge in [-0.15, -0.1) is 0 Å². The monoisotopic (exact) mass is 447 g/mol. The largest absolute Gasteiger partial charge is 0.358 e. The van der Waals surface area contributed by atoms with Crippen LogP contribution in [0.5, 0.6) is 0 Å². The number of hydrogen-bond acceptors (Lipinski definition) is 2. The summed E-state index contributed by atoms with van der Waals surface area (Å²) in [4.78, 5) is 19.3. The number of nitrogens with one attached hydrogen (secondary N) is 2. The van der Waals surface area contributed by atoms with E-state index >= 15 is 0 Å². The average molecular weight is 449 g/mol. The lowest BCUT2D eigenvalue weighted by atomic mass is 9.51. The molecule has 1 aliphatic carbocycles. The van der Waals surface area contributed by atoms with Crippen LogP contribution in [0, 0.1) is 5.92 Å². The molecule has 0 saturated carbocycles. The second-order valence-electron chi connectivity index (χ2n) is 9.61. The summed E-state index contributed by atoms with van der Waals surface area (Å²) in [5.41, 5.74) is 3.31. The van der Waals surface area contributed by atoms with Gasteiger partial charge in [-0.05, 0) is 71.8 Å². The number of piperazine rings is 1. The van der Waals surface area contributed by atoms with Gasteiger partial charge in [-0.3, -0.25) is 9.69 Å². The first-order valence-corrected chi connectivity index (χ1v) is 11.0. The number of H-pyrrole nitrogens is 1. The van der Waals surface area contributed by atoms with Crippen LogP contribution in [0.1, 0.15) is 44.4 Å². The van der Waals surface area contributed by atoms with E-state index in [1.807, 2.05) is 6.07 Å². The number of rotatable bonds is 0. The summed E-state index contributed by atoms with van der Waals surface area (Å²) in [6.07, 6.45) is 4.01. The molecule has 4 fully saturated rings. The molecule has 2 bridgehead atoms. The van der Waals surface area contributed by atoms with E-state index < -0.39 is 0 Å². The van der Waals surface area contributed by atoms with Gasteiger partial charge in [-0.2, -0.15) is 0 Å². The molecule has 2 spiro atoms. The van der Waals surface area contributed by atoms with Crippen molar-refractivity contribution in [1.29, 1.82) is 0 Å². The van der Waals surface area contributed by atoms with Gasteiger partial charge in [0.1, 0.15) is 5.54 Å². The molecule has 142 valence electrons. The Balaban J connectivity index is 1.59. The first-order valence-electron chi connectivity index (χ1n) is 9.85. The number of amides is 1. The normalized spacial score (nSPS) is 36.4. The molecule has 4 nitrogen and oxygen atoms in total. The van der Waals surface area contributed by atoms with Gasteiger partial charge in [0.2, 0.25) is 5.91 Å². The van der Waals surface area contributed by atoms with Gasteiger partial charge in [-0.25, -0.2) is 0 Å². The number of benzene rings is 1. The summed E-state index contributed by atoms with van der Waals surface area (Å²) in [5, 5.41) is 5.49. The Bertz CT molecular complexity index is 1030. The molecule has 7 rings (SSSR count). The van der Waals surface area contributed by atoms with Gasteiger partial charge in [-0.1, -0.05) is 25.4 Å².